The minimum atomic E-state index is -0.576. The summed E-state index contributed by atoms with van der Waals surface area (Å²) in [6.45, 7) is 1.18. The zero-order valence-electron chi connectivity index (χ0n) is 20.0. The van der Waals surface area contributed by atoms with Crippen LogP contribution in [0.15, 0.2) is 71.6 Å². The molecule has 0 radical (unpaired) electrons. The summed E-state index contributed by atoms with van der Waals surface area (Å²) in [5.74, 6) is -1.19. The van der Waals surface area contributed by atoms with Crippen molar-refractivity contribution in [2.24, 2.45) is 0 Å². The molecule has 0 bridgehead atoms. The number of carbonyl (C=O) groups excluding carboxylic acids is 4. The topological polar surface area (TPSA) is 105 Å². The van der Waals surface area contributed by atoms with Crippen LogP contribution in [0.25, 0.3) is 6.08 Å². The fourth-order valence-electron chi connectivity index (χ4n) is 3.39. The lowest BCUT2D eigenvalue weighted by atomic mass is 10.2. The predicted molar refractivity (Wildman–Crippen MR) is 150 cm³/mol. The van der Waals surface area contributed by atoms with Crippen molar-refractivity contribution in [1.82, 2.24) is 4.90 Å². The molecule has 1 aliphatic heterocycles. The first-order valence-electron chi connectivity index (χ1n) is 11.3. The van der Waals surface area contributed by atoms with E-state index in [-0.39, 0.29) is 22.3 Å². The Kier molecular flexibility index (Phi) is 8.73. The van der Waals surface area contributed by atoms with Crippen LogP contribution in [0.2, 0.25) is 10.0 Å². The molecule has 0 spiro atoms. The van der Waals surface area contributed by atoms with Crippen LogP contribution in [0.1, 0.15) is 11.1 Å². The number of hydrogen-bond acceptors (Lipinski definition) is 6. The van der Waals surface area contributed by atoms with E-state index in [1.165, 1.54) is 6.08 Å². The van der Waals surface area contributed by atoms with Crippen LogP contribution in [-0.4, -0.2) is 41.0 Å². The van der Waals surface area contributed by atoms with Crippen LogP contribution in [-0.2, 0) is 14.4 Å². The van der Waals surface area contributed by atoms with E-state index in [4.69, 9.17) is 27.9 Å². The summed E-state index contributed by atoms with van der Waals surface area (Å²) in [5.41, 5.74) is 2.54. The second-order valence-electron chi connectivity index (χ2n) is 8.17. The van der Waals surface area contributed by atoms with Gasteiger partial charge in [0.05, 0.1) is 9.93 Å². The first kappa shape index (κ1) is 27.3. The van der Waals surface area contributed by atoms with Crippen LogP contribution in [0.3, 0.4) is 0 Å². The molecule has 11 heteroatoms. The smallest absolute Gasteiger partial charge is 0.294 e. The van der Waals surface area contributed by atoms with Crippen LogP contribution in [0.5, 0.6) is 5.75 Å². The monoisotopic (exact) mass is 569 g/mol. The Bertz CT molecular complexity index is 1450. The van der Waals surface area contributed by atoms with E-state index in [2.05, 4.69) is 10.6 Å². The number of nitrogens with zero attached hydrogens (tertiary/aromatic N) is 1. The Morgan fingerprint density at radius 3 is 2.37 bits per heavy atom. The Labute approximate surface area is 232 Å². The first-order valence-corrected chi connectivity index (χ1v) is 12.9. The highest BCUT2D eigenvalue weighted by atomic mass is 35.5. The normalized spacial score (nSPS) is 14.1. The molecule has 8 nitrogen and oxygen atoms in total. The number of carbonyl (C=O) groups is 4. The fraction of sp³-hybridized carbons (Fsp3) is 0.111. The van der Waals surface area contributed by atoms with E-state index in [0.717, 1.165) is 22.2 Å². The van der Waals surface area contributed by atoms with Crippen molar-refractivity contribution in [1.29, 1.82) is 0 Å². The van der Waals surface area contributed by atoms with Crippen molar-refractivity contribution in [3.05, 3.63) is 92.8 Å². The van der Waals surface area contributed by atoms with Crippen LogP contribution in [0.4, 0.5) is 16.2 Å². The molecule has 3 aromatic carbocycles. The Morgan fingerprint density at radius 1 is 0.921 bits per heavy atom. The van der Waals surface area contributed by atoms with E-state index in [0.29, 0.717) is 22.0 Å². The molecule has 4 amide bonds. The number of thioether (sulfide) groups is 1. The van der Waals surface area contributed by atoms with Gasteiger partial charge in [-0.3, -0.25) is 24.1 Å². The highest BCUT2D eigenvalue weighted by Gasteiger charge is 2.36. The summed E-state index contributed by atoms with van der Waals surface area (Å²) in [7, 11) is 0. The summed E-state index contributed by atoms with van der Waals surface area (Å²) in [4.78, 5) is 50.7. The lowest BCUT2D eigenvalue weighted by molar-refractivity contribution is -0.127. The first-order chi connectivity index (χ1) is 18.2. The molecule has 1 heterocycles. The number of halogens is 2. The Hall–Kier alpha value is -3.79. The number of nitrogens with one attached hydrogen (secondary N) is 2. The van der Waals surface area contributed by atoms with Crippen molar-refractivity contribution >= 4 is 75.4 Å². The number of hydrogen-bond donors (Lipinski definition) is 2. The van der Waals surface area contributed by atoms with Crippen molar-refractivity contribution in [3.8, 4) is 5.75 Å². The number of ether oxygens (including phenoxy) is 1. The summed E-state index contributed by atoms with van der Waals surface area (Å²) < 4.78 is 5.52. The van der Waals surface area contributed by atoms with Crippen molar-refractivity contribution in [2.45, 2.75) is 6.92 Å². The molecular weight excluding hydrogens is 549 g/mol. The van der Waals surface area contributed by atoms with E-state index in [1.54, 1.807) is 60.7 Å². The number of rotatable bonds is 8. The lowest BCUT2D eigenvalue weighted by Crippen LogP contribution is -2.36. The molecule has 4 rings (SSSR count). The molecule has 0 atom stereocenters. The van der Waals surface area contributed by atoms with E-state index in [1.807, 2.05) is 13.0 Å². The molecule has 1 saturated heterocycles. The maximum atomic E-state index is 12.8. The van der Waals surface area contributed by atoms with E-state index < -0.39 is 29.5 Å². The van der Waals surface area contributed by atoms with Gasteiger partial charge in [0.25, 0.3) is 17.1 Å². The quantitative estimate of drug-likeness (QED) is 0.322. The summed E-state index contributed by atoms with van der Waals surface area (Å²) in [6.07, 6.45) is 1.50. The maximum Gasteiger partial charge on any atom is 0.294 e. The summed E-state index contributed by atoms with van der Waals surface area (Å²) in [5, 5.41) is 5.55. The molecule has 1 aliphatic rings. The lowest BCUT2D eigenvalue weighted by Gasteiger charge is -2.12. The van der Waals surface area contributed by atoms with Gasteiger partial charge in [0.1, 0.15) is 12.3 Å². The van der Waals surface area contributed by atoms with Gasteiger partial charge in [-0.25, -0.2) is 0 Å². The standard InChI is InChI=1S/C27H21Cl2N3O5S/c1-16-7-9-19(13-20(16)28)31-25(34)15-37-22-10-8-17(11-21(22)29)12-23-26(35)32(27(36)38-23)14-24(33)30-18-5-3-2-4-6-18/h2-13H,14-15H2,1H3,(H,30,33)(H,31,34)/b23-12-. The van der Waals surface area contributed by atoms with Gasteiger partial charge in [-0.2, -0.15) is 0 Å². The molecule has 2 N–H and O–H groups in total. The van der Waals surface area contributed by atoms with Gasteiger partial charge >= 0.3 is 0 Å². The van der Waals surface area contributed by atoms with Gasteiger partial charge in [0, 0.05) is 16.4 Å². The fourth-order valence-corrected chi connectivity index (χ4v) is 4.65. The van der Waals surface area contributed by atoms with Crippen LogP contribution < -0.4 is 15.4 Å². The molecule has 194 valence electrons. The third-order valence-electron chi connectivity index (χ3n) is 5.30. The van der Waals surface area contributed by atoms with Crippen molar-refractivity contribution < 1.29 is 23.9 Å². The van der Waals surface area contributed by atoms with Gasteiger partial charge in [-0.15, -0.1) is 0 Å². The Balaban J connectivity index is 1.34. The molecule has 0 aromatic heterocycles. The minimum absolute atomic E-state index is 0.156. The number of para-hydroxylation sites is 1. The second-order valence-corrected chi connectivity index (χ2v) is 9.98. The van der Waals surface area contributed by atoms with Crippen molar-refractivity contribution in [2.75, 3.05) is 23.8 Å². The molecular formula is C27H21Cl2N3O5S. The van der Waals surface area contributed by atoms with Crippen LogP contribution in [0, 0.1) is 6.92 Å². The maximum absolute atomic E-state index is 12.8. The van der Waals surface area contributed by atoms with E-state index in [9.17, 15) is 19.2 Å². The number of anilines is 2. The average molecular weight is 570 g/mol. The Morgan fingerprint density at radius 2 is 1.66 bits per heavy atom. The SMILES string of the molecule is Cc1ccc(NC(=O)COc2ccc(/C=C3\SC(=O)N(CC(=O)Nc4ccccc4)C3=O)cc2Cl)cc1Cl. The molecule has 38 heavy (non-hydrogen) atoms. The zero-order valence-corrected chi connectivity index (χ0v) is 22.3. The molecule has 0 aliphatic carbocycles. The third kappa shape index (κ3) is 6.95. The van der Waals surface area contributed by atoms with Gasteiger partial charge in [-0.1, -0.05) is 53.5 Å². The molecule has 1 fully saturated rings. The van der Waals surface area contributed by atoms with Gasteiger partial charge < -0.3 is 15.4 Å². The third-order valence-corrected chi connectivity index (χ3v) is 6.91. The van der Waals surface area contributed by atoms with Crippen LogP contribution >= 0.6 is 35.0 Å². The zero-order chi connectivity index (χ0) is 27.2. The average Bonchev–Trinajstić information content (AvgIpc) is 3.13. The number of aryl methyl sites for hydroxylation is 1. The highest BCUT2D eigenvalue weighted by Crippen LogP contribution is 2.34. The minimum Gasteiger partial charge on any atom is -0.482 e. The molecule has 3 aromatic rings. The number of benzene rings is 3. The van der Waals surface area contributed by atoms with Gasteiger partial charge in [0.2, 0.25) is 5.91 Å². The molecule has 0 unspecified atom stereocenters. The van der Waals surface area contributed by atoms with Gasteiger partial charge in [-0.05, 0) is 72.3 Å². The second kappa shape index (κ2) is 12.2. The highest BCUT2D eigenvalue weighted by molar-refractivity contribution is 8.18. The predicted octanol–water partition coefficient (Wildman–Crippen LogP) is 5.99. The number of imide groups is 1. The summed E-state index contributed by atoms with van der Waals surface area (Å²) >= 11 is 13.1. The molecule has 0 saturated carbocycles. The summed E-state index contributed by atoms with van der Waals surface area (Å²) in [6, 6.07) is 18.6. The largest absolute Gasteiger partial charge is 0.482 e. The van der Waals surface area contributed by atoms with E-state index >= 15 is 0 Å². The van der Waals surface area contributed by atoms with Crippen molar-refractivity contribution in [3.63, 3.8) is 0 Å². The van der Waals surface area contributed by atoms with Gasteiger partial charge in [0.15, 0.2) is 6.61 Å². The number of amides is 4.